The summed E-state index contributed by atoms with van der Waals surface area (Å²) in [7, 11) is 0. The van der Waals surface area contributed by atoms with E-state index in [0.717, 1.165) is 16.6 Å². The van der Waals surface area contributed by atoms with Crippen LogP contribution in [0.3, 0.4) is 0 Å². The lowest BCUT2D eigenvalue weighted by Crippen LogP contribution is -2.20. The molecular weight excluding hydrogens is 302 g/mol. The highest BCUT2D eigenvalue weighted by Gasteiger charge is 2.22. The topological polar surface area (TPSA) is 49.2 Å². The van der Waals surface area contributed by atoms with Gasteiger partial charge in [-0.3, -0.25) is 0 Å². The van der Waals surface area contributed by atoms with Crippen molar-refractivity contribution in [2.75, 3.05) is 13.2 Å². The maximum atomic E-state index is 5.95. The van der Waals surface area contributed by atoms with Crippen molar-refractivity contribution in [2.45, 2.75) is 32.6 Å². The summed E-state index contributed by atoms with van der Waals surface area (Å²) < 4.78 is 11.9. The Bertz CT molecular complexity index is 724. The second-order valence-electron chi connectivity index (χ2n) is 5.51. The largest absolute Gasteiger partial charge is 0.374 e. The van der Waals surface area contributed by atoms with Crippen molar-refractivity contribution in [1.29, 1.82) is 0 Å². The van der Waals surface area contributed by atoms with Gasteiger partial charge in [-0.25, -0.2) is 0 Å². The lowest BCUT2D eigenvalue weighted by atomic mass is 10.1. The molecule has 0 spiro atoms. The van der Waals surface area contributed by atoms with E-state index < -0.39 is 0 Å². The van der Waals surface area contributed by atoms with Crippen LogP contribution >= 0.6 is 0 Å². The minimum atomic E-state index is -0.265. The molecule has 0 aliphatic heterocycles. The molecule has 1 aromatic heterocycles. The van der Waals surface area contributed by atoms with Gasteiger partial charge in [0, 0.05) is 19.6 Å². The van der Waals surface area contributed by atoms with E-state index in [9.17, 15) is 0 Å². The van der Waals surface area contributed by atoms with Gasteiger partial charge >= 0.3 is 0 Å². The number of hydrogen-bond acceptors (Lipinski definition) is 4. The van der Waals surface area contributed by atoms with Crippen LogP contribution in [0.5, 0.6) is 0 Å². The van der Waals surface area contributed by atoms with Gasteiger partial charge < -0.3 is 9.47 Å². The van der Waals surface area contributed by atoms with Gasteiger partial charge in [0.2, 0.25) is 0 Å². The van der Waals surface area contributed by atoms with E-state index in [1.165, 1.54) is 0 Å². The number of rotatable bonds is 8. The summed E-state index contributed by atoms with van der Waals surface area (Å²) in [4.78, 5) is 1.67. The molecule has 1 heterocycles. The predicted molar refractivity (Wildman–Crippen MR) is 93.6 cm³/mol. The molecule has 0 fully saturated rings. The van der Waals surface area contributed by atoms with E-state index in [0.29, 0.717) is 19.6 Å². The monoisotopic (exact) mass is 325 g/mol. The molecule has 24 heavy (non-hydrogen) atoms. The summed E-state index contributed by atoms with van der Waals surface area (Å²) in [5.74, 6) is 0. The first-order valence-electron chi connectivity index (χ1n) is 8.41. The highest BCUT2D eigenvalue weighted by molar-refractivity contribution is 5.72. The van der Waals surface area contributed by atoms with Crippen LogP contribution in [0, 0.1) is 0 Å². The molecule has 0 aliphatic carbocycles. The van der Waals surface area contributed by atoms with Crippen molar-refractivity contribution in [3.63, 3.8) is 0 Å². The second kappa shape index (κ2) is 8.04. The minimum absolute atomic E-state index is 0.0538. The van der Waals surface area contributed by atoms with Crippen LogP contribution in [0.15, 0.2) is 54.6 Å². The Hall–Kier alpha value is -2.24. The number of benzene rings is 2. The molecule has 0 amide bonds. The molecule has 5 heteroatoms. The van der Waals surface area contributed by atoms with E-state index in [2.05, 4.69) is 22.3 Å². The van der Waals surface area contributed by atoms with E-state index in [1.807, 2.05) is 56.3 Å². The summed E-state index contributed by atoms with van der Waals surface area (Å²) in [5, 5.41) is 9.13. The normalized spacial score (nSPS) is 13.9. The fraction of sp³-hybridized carbons (Fsp3) is 0.368. The summed E-state index contributed by atoms with van der Waals surface area (Å²) in [6, 6.07) is 18.1. The molecule has 0 radical (unpaired) electrons. The van der Waals surface area contributed by atoms with E-state index in [4.69, 9.17) is 9.47 Å². The molecular formula is C19H23N3O2. The Balaban J connectivity index is 1.86. The third-order valence-corrected chi connectivity index (χ3v) is 3.87. The first-order chi connectivity index (χ1) is 11.8. The molecule has 0 saturated carbocycles. The van der Waals surface area contributed by atoms with Gasteiger partial charge in [-0.2, -0.15) is 15.0 Å². The van der Waals surface area contributed by atoms with Crippen molar-refractivity contribution in [2.24, 2.45) is 0 Å². The first-order valence-corrected chi connectivity index (χ1v) is 8.41. The van der Waals surface area contributed by atoms with E-state index in [-0.39, 0.29) is 12.3 Å². The zero-order chi connectivity index (χ0) is 16.8. The fourth-order valence-corrected chi connectivity index (χ4v) is 2.78. The Morgan fingerprint density at radius 3 is 2.00 bits per heavy atom. The summed E-state index contributed by atoms with van der Waals surface area (Å²) in [6.07, 6.45) is 0.341. The Morgan fingerprint density at radius 1 is 0.833 bits per heavy atom. The summed E-state index contributed by atoms with van der Waals surface area (Å²) >= 11 is 0. The fourth-order valence-electron chi connectivity index (χ4n) is 2.78. The summed E-state index contributed by atoms with van der Waals surface area (Å²) in [6.45, 7) is 5.23. The van der Waals surface area contributed by atoms with E-state index >= 15 is 0 Å². The Labute approximate surface area is 142 Å². The number of nitrogens with zero attached hydrogens (tertiary/aromatic N) is 3. The van der Waals surface area contributed by atoms with Crippen LogP contribution in [0.4, 0.5) is 0 Å². The van der Waals surface area contributed by atoms with Crippen LogP contribution in [-0.2, 0) is 9.47 Å². The van der Waals surface area contributed by atoms with Crippen LogP contribution < -0.4 is 0 Å². The van der Waals surface area contributed by atoms with Crippen LogP contribution in [0.2, 0.25) is 0 Å². The molecule has 126 valence electrons. The molecule has 2 unspecified atom stereocenters. The quantitative estimate of drug-likeness (QED) is 0.625. The van der Waals surface area contributed by atoms with Crippen molar-refractivity contribution in [3.8, 4) is 0 Å². The van der Waals surface area contributed by atoms with Gasteiger partial charge in [0.15, 0.2) is 6.23 Å². The first kappa shape index (κ1) is 16.6. The lowest BCUT2D eigenvalue weighted by Gasteiger charge is -2.23. The highest BCUT2D eigenvalue weighted by atomic mass is 16.5. The lowest BCUT2D eigenvalue weighted by molar-refractivity contribution is -0.0576. The SMILES string of the molecule is CCOC(CC(OCC)n1nc2ccccc2n1)c1ccccc1. The highest BCUT2D eigenvalue weighted by Crippen LogP contribution is 2.28. The number of fused-ring (bicyclic) bond motifs is 1. The molecule has 0 saturated heterocycles. The van der Waals surface area contributed by atoms with Gasteiger partial charge in [0.05, 0.1) is 6.10 Å². The van der Waals surface area contributed by atoms with Crippen LogP contribution in [0.1, 0.15) is 38.2 Å². The van der Waals surface area contributed by atoms with Crippen molar-refractivity contribution < 1.29 is 9.47 Å². The van der Waals surface area contributed by atoms with Gasteiger partial charge in [0.1, 0.15) is 11.0 Å². The molecule has 0 N–H and O–H groups in total. The Morgan fingerprint density at radius 2 is 1.42 bits per heavy atom. The van der Waals surface area contributed by atoms with Crippen molar-refractivity contribution in [3.05, 3.63) is 60.2 Å². The zero-order valence-corrected chi connectivity index (χ0v) is 14.1. The molecule has 0 bridgehead atoms. The molecule has 2 atom stereocenters. The molecule has 3 rings (SSSR count). The predicted octanol–water partition coefficient (Wildman–Crippen LogP) is 4.13. The number of ether oxygens (including phenoxy) is 2. The third-order valence-electron chi connectivity index (χ3n) is 3.87. The molecule has 5 nitrogen and oxygen atoms in total. The number of aromatic nitrogens is 3. The molecule has 2 aromatic carbocycles. The molecule has 0 aliphatic rings. The van der Waals surface area contributed by atoms with Gasteiger partial charge in [-0.15, -0.1) is 0 Å². The van der Waals surface area contributed by atoms with Gasteiger partial charge in [-0.1, -0.05) is 42.5 Å². The summed E-state index contributed by atoms with van der Waals surface area (Å²) in [5.41, 5.74) is 2.88. The van der Waals surface area contributed by atoms with Crippen molar-refractivity contribution in [1.82, 2.24) is 15.0 Å². The molecule has 3 aromatic rings. The maximum Gasteiger partial charge on any atom is 0.172 e. The average Bonchev–Trinajstić information content (AvgIpc) is 3.05. The maximum absolute atomic E-state index is 5.95. The smallest absolute Gasteiger partial charge is 0.172 e. The number of hydrogen-bond donors (Lipinski definition) is 0. The second-order valence-corrected chi connectivity index (χ2v) is 5.51. The van der Waals surface area contributed by atoms with Gasteiger partial charge in [0.25, 0.3) is 0 Å². The van der Waals surface area contributed by atoms with Crippen molar-refractivity contribution >= 4 is 11.0 Å². The van der Waals surface area contributed by atoms with E-state index in [1.54, 1.807) is 4.80 Å². The average molecular weight is 325 g/mol. The Kier molecular flexibility index (Phi) is 5.56. The van der Waals surface area contributed by atoms with Gasteiger partial charge in [-0.05, 0) is 31.5 Å². The van der Waals surface area contributed by atoms with Crippen LogP contribution in [-0.4, -0.2) is 28.2 Å². The minimum Gasteiger partial charge on any atom is -0.374 e. The standard InChI is InChI=1S/C19H23N3O2/c1-3-23-18(15-10-6-5-7-11-15)14-19(24-4-2)22-20-16-12-8-9-13-17(16)21-22/h5-13,18-19H,3-4,14H2,1-2H3. The zero-order valence-electron chi connectivity index (χ0n) is 14.1. The third kappa shape index (κ3) is 3.80. The van der Waals surface area contributed by atoms with Crippen LogP contribution in [0.25, 0.3) is 11.0 Å².